The van der Waals surface area contributed by atoms with E-state index >= 15 is 0 Å². The van der Waals surface area contributed by atoms with Crippen molar-refractivity contribution in [2.45, 2.75) is 0 Å². The lowest BCUT2D eigenvalue weighted by molar-refractivity contribution is 0.898. The van der Waals surface area contributed by atoms with E-state index in [-0.39, 0.29) is 5.56 Å². The molecule has 0 bridgehead atoms. The number of benzene rings is 1. The maximum Gasteiger partial charge on any atom is 0.333 e. The average Bonchev–Trinajstić information content (AvgIpc) is 2.41. The molecule has 0 radical (unpaired) electrons. The van der Waals surface area contributed by atoms with Crippen LogP contribution in [0.15, 0.2) is 56.8 Å². The van der Waals surface area contributed by atoms with Gasteiger partial charge < -0.3 is 4.98 Å². The first-order valence-electron chi connectivity index (χ1n) is 5.52. The van der Waals surface area contributed by atoms with Gasteiger partial charge in [0.2, 0.25) is 0 Å². The van der Waals surface area contributed by atoms with E-state index in [1.165, 1.54) is 12.4 Å². The molecule has 3 aromatic rings. The Morgan fingerprint density at radius 3 is 2.58 bits per heavy atom. The van der Waals surface area contributed by atoms with Gasteiger partial charge in [-0.2, -0.15) is 0 Å². The van der Waals surface area contributed by atoms with E-state index in [2.05, 4.69) is 25.9 Å². The highest BCUT2D eigenvalue weighted by Crippen LogP contribution is 2.14. The molecule has 0 aliphatic carbocycles. The summed E-state index contributed by atoms with van der Waals surface area (Å²) in [4.78, 5) is 31.0. The van der Waals surface area contributed by atoms with Crippen LogP contribution in [0.3, 0.4) is 0 Å². The molecular weight excluding hydrogens is 310 g/mol. The Labute approximate surface area is 115 Å². The first kappa shape index (κ1) is 11.9. The molecule has 1 N–H and O–H groups in total. The van der Waals surface area contributed by atoms with Crippen molar-refractivity contribution >= 4 is 26.8 Å². The number of aromatic amines is 1. The fraction of sp³-hybridized carbons (Fsp3) is 0. The summed E-state index contributed by atoms with van der Waals surface area (Å²) in [5, 5.41) is 0.450. The maximum absolute atomic E-state index is 12.4. The number of nitrogens with one attached hydrogen (secondary N) is 1. The van der Waals surface area contributed by atoms with E-state index in [4.69, 9.17) is 0 Å². The van der Waals surface area contributed by atoms with E-state index in [9.17, 15) is 9.59 Å². The highest BCUT2D eigenvalue weighted by Gasteiger charge is 2.09. The van der Waals surface area contributed by atoms with Gasteiger partial charge in [-0.3, -0.25) is 9.78 Å². The minimum absolute atomic E-state index is 0.355. The number of fused-ring (bicyclic) bond motifs is 1. The highest BCUT2D eigenvalue weighted by molar-refractivity contribution is 9.10. The van der Waals surface area contributed by atoms with Crippen molar-refractivity contribution in [1.29, 1.82) is 0 Å². The normalized spacial score (nSPS) is 10.8. The molecule has 2 heterocycles. The molecule has 6 heteroatoms. The van der Waals surface area contributed by atoms with Crippen molar-refractivity contribution in [1.82, 2.24) is 14.5 Å². The zero-order valence-corrected chi connectivity index (χ0v) is 11.2. The second-order valence-corrected chi connectivity index (χ2v) is 4.88. The second kappa shape index (κ2) is 4.47. The van der Waals surface area contributed by atoms with Crippen molar-refractivity contribution in [3.05, 3.63) is 68.0 Å². The van der Waals surface area contributed by atoms with Gasteiger partial charge in [-0.1, -0.05) is 15.9 Å². The van der Waals surface area contributed by atoms with Crippen LogP contribution in [-0.2, 0) is 0 Å². The van der Waals surface area contributed by atoms with Crippen molar-refractivity contribution in [2.24, 2.45) is 0 Å². The number of pyridine rings is 1. The number of halogens is 1. The fourth-order valence-corrected chi connectivity index (χ4v) is 2.27. The minimum Gasteiger partial charge on any atom is -0.306 e. The summed E-state index contributed by atoms with van der Waals surface area (Å²) >= 11 is 3.32. The minimum atomic E-state index is -0.467. The second-order valence-electron chi connectivity index (χ2n) is 3.97. The molecule has 0 unspecified atom stereocenters. The molecule has 0 saturated carbocycles. The van der Waals surface area contributed by atoms with E-state index in [1.807, 2.05) is 0 Å². The molecule has 5 nitrogen and oxygen atoms in total. The number of H-pyrrole nitrogens is 1. The van der Waals surface area contributed by atoms with E-state index in [0.717, 1.165) is 9.04 Å². The number of rotatable bonds is 1. The summed E-state index contributed by atoms with van der Waals surface area (Å²) < 4.78 is 1.88. The van der Waals surface area contributed by atoms with Crippen LogP contribution in [0.5, 0.6) is 0 Å². The molecule has 2 aromatic heterocycles. The van der Waals surface area contributed by atoms with Crippen molar-refractivity contribution in [3.63, 3.8) is 0 Å². The molecule has 0 aliphatic heterocycles. The number of aromatic nitrogens is 3. The van der Waals surface area contributed by atoms with Crippen LogP contribution in [0.1, 0.15) is 0 Å². The summed E-state index contributed by atoms with van der Waals surface area (Å²) in [6.07, 6.45) is 3.07. The van der Waals surface area contributed by atoms with Gasteiger partial charge in [0, 0.05) is 16.9 Å². The van der Waals surface area contributed by atoms with Crippen LogP contribution < -0.4 is 11.2 Å². The third-order valence-corrected chi connectivity index (χ3v) is 3.27. The number of nitrogens with zero attached hydrogens (tertiary/aromatic N) is 2. The topological polar surface area (TPSA) is 67.8 Å². The number of hydrogen-bond acceptors (Lipinski definition) is 3. The van der Waals surface area contributed by atoms with Gasteiger partial charge in [0.25, 0.3) is 5.56 Å². The Bertz CT molecular complexity index is 868. The van der Waals surface area contributed by atoms with Gasteiger partial charge in [-0.25, -0.2) is 9.36 Å². The molecule has 0 spiro atoms. The molecule has 0 atom stereocenters. The lowest BCUT2D eigenvalue weighted by Gasteiger charge is -2.06. The lowest BCUT2D eigenvalue weighted by atomic mass is 10.2. The first-order chi connectivity index (χ1) is 9.16. The average molecular weight is 318 g/mol. The van der Waals surface area contributed by atoms with Crippen molar-refractivity contribution in [2.75, 3.05) is 0 Å². The summed E-state index contributed by atoms with van der Waals surface area (Å²) in [6.45, 7) is 0. The third kappa shape index (κ3) is 2.00. The van der Waals surface area contributed by atoms with Gasteiger partial charge in [0.05, 0.1) is 16.6 Å². The van der Waals surface area contributed by atoms with Gasteiger partial charge in [0.15, 0.2) is 0 Å². The van der Waals surface area contributed by atoms with Crippen molar-refractivity contribution in [3.8, 4) is 5.69 Å². The van der Waals surface area contributed by atoms with Gasteiger partial charge in [0.1, 0.15) is 0 Å². The Hall–Kier alpha value is -2.21. The highest BCUT2D eigenvalue weighted by atomic mass is 79.9. The molecule has 3 rings (SSSR count). The molecule has 1 aromatic carbocycles. The maximum atomic E-state index is 12.4. The van der Waals surface area contributed by atoms with Crippen LogP contribution in [0.2, 0.25) is 0 Å². The summed E-state index contributed by atoms with van der Waals surface area (Å²) in [6, 6.07) is 8.37. The molecular formula is C13H8BrN3O2. The Kier molecular flexibility index (Phi) is 2.79. The molecule has 0 saturated heterocycles. The van der Waals surface area contributed by atoms with E-state index in [1.54, 1.807) is 30.3 Å². The summed E-state index contributed by atoms with van der Waals surface area (Å²) in [7, 11) is 0. The quantitative estimate of drug-likeness (QED) is 0.744. The van der Waals surface area contributed by atoms with Crippen LogP contribution in [0.4, 0.5) is 0 Å². The van der Waals surface area contributed by atoms with Crippen LogP contribution in [-0.4, -0.2) is 14.5 Å². The largest absolute Gasteiger partial charge is 0.333 e. The molecule has 0 amide bonds. The van der Waals surface area contributed by atoms with Gasteiger partial charge >= 0.3 is 5.69 Å². The monoisotopic (exact) mass is 317 g/mol. The van der Waals surface area contributed by atoms with Crippen LogP contribution in [0.25, 0.3) is 16.6 Å². The summed E-state index contributed by atoms with van der Waals surface area (Å²) in [5.74, 6) is 0. The van der Waals surface area contributed by atoms with Gasteiger partial charge in [-0.05, 0) is 30.3 Å². The molecule has 0 fully saturated rings. The fourth-order valence-electron chi connectivity index (χ4n) is 1.91. The predicted molar refractivity (Wildman–Crippen MR) is 75.7 cm³/mol. The van der Waals surface area contributed by atoms with Crippen LogP contribution in [0, 0.1) is 0 Å². The SMILES string of the molecule is O=c1[nH]c2ccc(Br)cc2c(=O)n1-c1ccncc1. The standard InChI is InChI=1S/C13H8BrN3O2/c14-8-1-2-11-10(7-8)12(18)17(13(19)16-11)9-3-5-15-6-4-9/h1-7H,(H,16,19). The predicted octanol–water partition coefficient (Wildman–Crippen LogP) is 1.84. The molecule has 19 heavy (non-hydrogen) atoms. The Morgan fingerprint density at radius 2 is 1.84 bits per heavy atom. The third-order valence-electron chi connectivity index (χ3n) is 2.78. The van der Waals surface area contributed by atoms with Gasteiger partial charge in [-0.15, -0.1) is 0 Å². The molecule has 94 valence electrons. The van der Waals surface area contributed by atoms with Crippen LogP contribution >= 0.6 is 15.9 Å². The smallest absolute Gasteiger partial charge is 0.306 e. The van der Waals surface area contributed by atoms with Crippen molar-refractivity contribution < 1.29 is 0 Å². The zero-order valence-electron chi connectivity index (χ0n) is 9.63. The zero-order chi connectivity index (χ0) is 13.4. The Morgan fingerprint density at radius 1 is 1.11 bits per heavy atom. The van der Waals surface area contributed by atoms with E-state index < -0.39 is 5.69 Å². The summed E-state index contributed by atoms with van der Waals surface area (Å²) in [5.41, 5.74) is 0.184. The number of hydrogen-bond donors (Lipinski definition) is 1. The Balaban J connectivity index is 2.44. The first-order valence-corrected chi connectivity index (χ1v) is 6.31. The van der Waals surface area contributed by atoms with E-state index in [0.29, 0.717) is 16.6 Å². The lowest BCUT2D eigenvalue weighted by Crippen LogP contribution is -2.33. The molecule has 0 aliphatic rings.